The molecule has 5 N–H and O–H groups in total. The second kappa shape index (κ2) is 8.80. The number of nitrogens with zero attached hydrogens (tertiary/aromatic N) is 2. The van der Waals surface area contributed by atoms with Crippen molar-refractivity contribution in [2.45, 2.75) is 58.4 Å². The first kappa shape index (κ1) is 21.1. The summed E-state index contributed by atoms with van der Waals surface area (Å²) in [4.78, 5) is 42.9. The summed E-state index contributed by atoms with van der Waals surface area (Å²) >= 11 is 0. The predicted molar refractivity (Wildman–Crippen MR) is 111 cm³/mol. The normalized spacial score (nSPS) is 27.3. The van der Waals surface area contributed by atoms with Gasteiger partial charge < -0.3 is 21.7 Å². The summed E-state index contributed by atoms with van der Waals surface area (Å²) in [5.41, 5.74) is 12.4. The Labute approximate surface area is 171 Å². The Morgan fingerprint density at radius 2 is 1.83 bits per heavy atom. The lowest BCUT2D eigenvalue weighted by Crippen LogP contribution is -2.53. The molecule has 2 aliphatic rings. The average molecular weight is 402 g/mol. The molecular formula is C21H31N5O3. The van der Waals surface area contributed by atoms with Crippen LogP contribution in [0.1, 0.15) is 51.0 Å². The molecule has 8 nitrogen and oxygen atoms in total. The lowest BCUT2D eigenvalue weighted by molar-refractivity contribution is -0.148. The van der Waals surface area contributed by atoms with Crippen molar-refractivity contribution in [3.8, 4) is 0 Å². The molecule has 2 heterocycles. The van der Waals surface area contributed by atoms with Crippen LogP contribution in [0.15, 0.2) is 12.3 Å². The molecule has 0 aromatic carbocycles. The molecular weight excluding hydrogens is 370 g/mol. The van der Waals surface area contributed by atoms with E-state index in [1.807, 2.05) is 0 Å². The van der Waals surface area contributed by atoms with Gasteiger partial charge in [0, 0.05) is 18.5 Å². The van der Waals surface area contributed by atoms with Crippen LogP contribution < -0.4 is 16.8 Å². The number of carbonyl (C=O) groups excluding carboxylic acids is 3. The van der Waals surface area contributed by atoms with E-state index in [-0.39, 0.29) is 17.9 Å². The van der Waals surface area contributed by atoms with E-state index in [2.05, 4.69) is 17.2 Å². The summed E-state index contributed by atoms with van der Waals surface area (Å²) in [5.74, 6) is -0.414. The van der Waals surface area contributed by atoms with Crippen LogP contribution in [0.3, 0.4) is 0 Å². The van der Waals surface area contributed by atoms with E-state index in [1.165, 1.54) is 6.20 Å². The number of amides is 3. The number of anilines is 2. The molecule has 0 bridgehead atoms. The minimum atomic E-state index is -0.652. The molecule has 1 saturated carbocycles. The van der Waals surface area contributed by atoms with Gasteiger partial charge in [-0.3, -0.25) is 14.4 Å². The van der Waals surface area contributed by atoms with E-state index >= 15 is 0 Å². The highest BCUT2D eigenvalue weighted by atomic mass is 16.2. The molecule has 1 aliphatic carbocycles. The van der Waals surface area contributed by atoms with Gasteiger partial charge >= 0.3 is 11.8 Å². The molecule has 2 atom stereocenters. The minimum Gasteiger partial charge on any atom is -0.383 e. The van der Waals surface area contributed by atoms with Gasteiger partial charge in [0.05, 0.1) is 11.9 Å². The molecule has 3 amide bonds. The Balaban J connectivity index is 1.69. The summed E-state index contributed by atoms with van der Waals surface area (Å²) in [6.45, 7) is 4.47. The van der Waals surface area contributed by atoms with Gasteiger partial charge in [0.25, 0.3) is 0 Å². The number of nitrogen functional groups attached to an aromatic ring is 1. The highest BCUT2D eigenvalue weighted by molar-refractivity contribution is 6.39. The van der Waals surface area contributed by atoms with Crippen molar-refractivity contribution in [2.24, 2.45) is 23.5 Å². The lowest BCUT2D eigenvalue weighted by Gasteiger charge is -2.44. The number of pyridine rings is 1. The van der Waals surface area contributed by atoms with Gasteiger partial charge in [0.15, 0.2) is 0 Å². The summed E-state index contributed by atoms with van der Waals surface area (Å²) in [6.07, 6.45) is 6.61. The molecule has 29 heavy (non-hydrogen) atoms. The Morgan fingerprint density at radius 3 is 2.45 bits per heavy atom. The molecule has 1 aliphatic heterocycles. The van der Waals surface area contributed by atoms with Crippen molar-refractivity contribution in [3.05, 3.63) is 17.8 Å². The molecule has 0 spiro atoms. The van der Waals surface area contributed by atoms with Gasteiger partial charge in [-0.15, -0.1) is 0 Å². The van der Waals surface area contributed by atoms with Crippen molar-refractivity contribution >= 4 is 29.2 Å². The van der Waals surface area contributed by atoms with Crippen molar-refractivity contribution < 1.29 is 14.4 Å². The van der Waals surface area contributed by atoms with Crippen LogP contribution in [0.5, 0.6) is 0 Å². The molecule has 1 saturated heterocycles. The SMILES string of the molecule is Cc1cc(NC(=O)C(=O)N2C[C@H](C)CCC2[C@H]2CC[C@@H](C(N)=O)CC2)cnc1N. The van der Waals surface area contributed by atoms with Crippen molar-refractivity contribution in [1.29, 1.82) is 0 Å². The smallest absolute Gasteiger partial charge is 0.313 e. The number of nitrogens with one attached hydrogen (secondary N) is 1. The van der Waals surface area contributed by atoms with Crippen LogP contribution in [-0.4, -0.2) is 40.2 Å². The van der Waals surface area contributed by atoms with Gasteiger partial charge in [-0.05, 0) is 68.9 Å². The number of piperidine rings is 1. The number of aromatic nitrogens is 1. The van der Waals surface area contributed by atoms with E-state index in [0.29, 0.717) is 29.9 Å². The zero-order chi connectivity index (χ0) is 21.1. The van der Waals surface area contributed by atoms with E-state index in [9.17, 15) is 14.4 Å². The fourth-order valence-corrected chi connectivity index (χ4v) is 4.65. The van der Waals surface area contributed by atoms with Crippen LogP contribution in [0.2, 0.25) is 0 Å². The first-order valence-electron chi connectivity index (χ1n) is 10.4. The molecule has 158 valence electrons. The zero-order valence-electron chi connectivity index (χ0n) is 17.2. The molecule has 8 heteroatoms. The summed E-state index contributed by atoms with van der Waals surface area (Å²) in [5, 5.41) is 2.66. The van der Waals surface area contributed by atoms with Crippen molar-refractivity contribution in [1.82, 2.24) is 9.88 Å². The lowest BCUT2D eigenvalue weighted by atomic mass is 9.75. The fraction of sp³-hybridized carbons (Fsp3) is 0.619. The van der Waals surface area contributed by atoms with E-state index in [1.54, 1.807) is 17.9 Å². The van der Waals surface area contributed by atoms with Crippen LogP contribution in [0.4, 0.5) is 11.5 Å². The third kappa shape index (κ3) is 4.86. The number of rotatable bonds is 3. The van der Waals surface area contributed by atoms with Crippen molar-refractivity contribution in [2.75, 3.05) is 17.6 Å². The van der Waals surface area contributed by atoms with E-state index in [0.717, 1.165) is 44.1 Å². The standard InChI is InChI=1S/C21H31N5O3/c1-12-3-8-17(14-4-6-15(7-5-14)19(23)27)26(11-12)21(29)20(28)25-16-9-13(2)18(22)24-10-16/h9-10,12,14-15,17H,3-8,11H2,1-2H3,(H2,22,24)(H2,23,27)(H,25,28)/t12-,14-,15+,17?/m1/s1. The number of aryl methyl sites for hydroxylation is 1. The van der Waals surface area contributed by atoms with E-state index in [4.69, 9.17) is 11.5 Å². The molecule has 1 aromatic heterocycles. The first-order chi connectivity index (χ1) is 13.8. The molecule has 2 fully saturated rings. The van der Waals surface area contributed by atoms with Crippen LogP contribution >= 0.6 is 0 Å². The minimum absolute atomic E-state index is 0.0320. The second-order valence-corrected chi connectivity index (χ2v) is 8.60. The molecule has 0 radical (unpaired) electrons. The number of hydrogen-bond donors (Lipinski definition) is 3. The number of hydrogen-bond acceptors (Lipinski definition) is 5. The van der Waals surface area contributed by atoms with Gasteiger partial charge in [0.1, 0.15) is 5.82 Å². The first-order valence-corrected chi connectivity index (χ1v) is 10.4. The van der Waals surface area contributed by atoms with Crippen LogP contribution in [-0.2, 0) is 14.4 Å². The van der Waals surface area contributed by atoms with Crippen molar-refractivity contribution in [3.63, 3.8) is 0 Å². The largest absolute Gasteiger partial charge is 0.383 e. The average Bonchev–Trinajstić information content (AvgIpc) is 2.70. The van der Waals surface area contributed by atoms with Gasteiger partial charge in [-0.25, -0.2) is 4.98 Å². The van der Waals surface area contributed by atoms with Gasteiger partial charge in [0.2, 0.25) is 5.91 Å². The number of nitrogens with two attached hydrogens (primary N) is 2. The maximum absolute atomic E-state index is 13.0. The molecule has 1 unspecified atom stereocenters. The topological polar surface area (TPSA) is 131 Å². The Hall–Kier alpha value is -2.64. The summed E-state index contributed by atoms with van der Waals surface area (Å²) < 4.78 is 0. The van der Waals surface area contributed by atoms with Crippen LogP contribution in [0, 0.1) is 24.7 Å². The highest BCUT2D eigenvalue weighted by Crippen LogP contribution is 2.37. The second-order valence-electron chi connectivity index (χ2n) is 8.60. The summed E-state index contributed by atoms with van der Waals surface area (Å²) in [7, 11) is 0. The maximum Gasteiger partial charge on any atom is 0.313 e. The third-order valence-electron chi connectivity index (χ3n) is 6.41. The monoisotopic (exact) mass is 401 g/mol. The quantitative estimate of drug-likeness (QED) is 0.665. The summed E-state index contributed by atoms with van der Waals surface area (Å²) in [6, 6.07) is 1.74. The van der Waals surface area contributed by atoms with E-state index < -0.39 is 11.8 Å². The van der Waals surface area contributed by atoms with Crippen LogP contribution in [0.25, 0.3) is 0 Å². The number of carbonyl (C=O) groups is 3. The Bertz CT molecular complexity index is 789. The maximum atomic E-state index is 13.0. The highest BCUT2D eigenvalue weighted by Gasteiger charge is 2.39. The Kier molecular flexibility index (Phi) is 6.39. The van der Waals surface area contributed by atoms with Gasteiger partial charge in [-0.2, -0.15) is 0 Å². The zero-order valence-corrected chi connectivity index (χ0v) is 17.2. The molecule has 3 rings (SSSR count). The predicted octanol–water partition coefficient (Wildman–Crippen LogP) is 1.83. The molecule has 1 aromatic rings. The third-order valence-corrected chi connectivity index (χ3v) is 6.41. The fourth-order valence-electron chi connectivity index (χ4n) is 4.65. The number of primary amides is 1. The Morgan fingerprint density at radius 1 is 1.14 bits per heavy atom. The van der Waals surface area contributed by atoms with Gasteiger partial charge in [-0.1, -0.05) is 6.92 Å². The number of likely N-dealkylation sites (tertiary alicyclic amines) is 1.